The molecule has 0 spiro atoms. The summed E-state index contributed by atoms with van der Waals surface area (Å²) < 4.78 is 5.24. The summed E-state index contributed by atoms with van der Waals surface area (Å²) in [6.07, 6.45) is 0.849. The van der Waals surface area contributed by atoms with E-state index in [2.05, 4.69) is 0 Å². The van der Waals surface area contributed by atoms with Crippen molar-refractivity contribution in [2.75, 3.05) is 45.9 Å². The molecule has 0 aliphatic carbocycles. The van der Waals surface area contributed by atoms with E-state index in [-0.39, 0.29) is 30.3 Å². The molecular weight excluding hydrogens is 248 g/mol. The molecule has 7 nitrogen and oxygen atoms in total. The molecule has 0 aromatic heterocycles. The number of hydrogen-bond acceptors (Lipinski definition) is 5. The van der Waals surface area contributed by atoms with Crippen LogP contribution in [0.25, 0.3) is 0 Å². The average Bonchev–Trinajstić information content (AvgIpc) is 2.64. The Kier molecular flexibility index (Phi) is 4.73. The van der Waals surface area contributed by atoms with Crippen molar-refractivity contribution in [1.82, 2.24) is 9.80 Å². The third kappa shape index (κ3) is 3.65. The Morgan fingerprint density at radius 2 is 1.95 bits per heavy atom. The van der Waals surface area contributed by atoms with Gasteiger partial charge in [-0.25, -0.2) is 0 Å². The molecule has 7 heteroatoms. The van der Waals surface area contributed by atoms with Crippen LogP contribution >= 0.6 is 0 Å². The molecule has 0 aromatic carbocycles. The summed E-state index contributed by atoms with van der Waals surface area (Å²) in [7, 11) is 0. The first-order valence-corrected chi connectivity index (χ1v) is 6.70. The standard InChI is InChI=1S/C12H22N4O3/c13-10-8-19-7-9(10)12(18)16-3-1-2-15(4-5-16)6-11(14)17/h9-10H,1-8,13H2,(H2,14,17). The van der Waals surface area contributed by atoms with Crippen LogP contribution in [0.4, 0.5) is 0 Å². The molecule has 0 saturated carbocycles. The predicted octanol–water partition coefficient (Wildman–Crippen LogP) is -2.02. The monoisotopic (exact) mass is 270 g/mol. The summed E-state index contributed by atoms with van der Waals surface area (Å²) in [5.74, 6) is -0.473. The Bertz CT molecular complexity index is 350. The van der Waals surface area contributed by atoms with Gasteiger partial charge in [-0.3, -0.25) is 14.5 Å². The lowest BCUT2D eigenvalue weighted by atomic mass is 10.0. The van der Waals surface area contributed by atoms with Gasteiger partial charge in [-0.2, -0.15) is 0 Å². The third-order valence-corrected chi connectivity index (χ3v) is 3.72. The molecule has 2 atom stereocenters. The molecular formula is C12H22N4O3. The van der Waals surface area contributed by atoms with E-state index in [1.807, 2.05) is 9.80 Å². The summed E-state index contributed by atoms with van der Waals surface area (Å²) in [6, 6.07) is -0.197. The molecule has 2 saturated heterocycles. The smallest absolute Gasteiger partial charge is 0.231 e. The average molecular weight is 270 g/mol. The number of rotatable bonds is 3. The van der Waals surface area contributed by atoms with Crippen molar-refractivity contribution in [2.45, 2.75) is 12.5 Å². The maximum absolute atomic E-state index is 12.3. The van der Waals surface area contributed by atoms with E-state index in [0.29, 0.717) is 32.8 Å². The van der Waals surface area contributed by atoms with E-state index >= 15 is 0 Å². The van der Waals surface area contributed by atoms with Crippen molar-refractivity contribution in [3.8, 4) is 0 Å². The van der Waals surface area contributed by atoms with Crippen LogP contribution in [0.15, 0.2) is 0 Å². The quantitative estimate of drug-likeness (QED) is 0.616. The molecule has 2 unspecified atom stereocenters. The Morgan fingerprint density at radius 1 is 1.16 bits per heavy atom. The predicted molar refractivity (Wildman–Crippen MR) is 69.1 cm³/mol. The van der Waals surface area contributed by atoms with Gasteiger partial charge in [-0.1, -0.05) is 0 Å². The number of ether oxygens (including phenoxy) is 1. The van der Waals surface area contributed by atoms with E-state index < -0.39 is 0 Å². The van der Waals surface area contributed by atoms with Gasteiger partial charge in [0, 0.05) is 32.2 Å². The van der Waals surface area contributed by atoms with Gasteiger partial charge in [0.1, 0.15) is 0 Å². The molecule has 2 amide bonds. The SMILES string of the molecule is NC(=O)CN1CCCN(C(=O)C2COCC2N)CC1. The topological polar surface area (TPSA) is 102 Å². The highest BCUT2D eigenvalue weighted by Gasteiger charge is 2.34. The fourth-order valence-corrected chi connectivity index (χ4v) is 2.63. The highest BCUT2D eigenvalue weighted by molar-refractivity contribution is 5.80. The summed E-state index contributed by atoms with van der Waals surface area (Å²) in [5.41, 5.74) is 11.1. The van der Waals surface area contributed by atoms with Gasteiger partial charge < -0.3 is 21.1 Å². The minimum Gasteiger partial charge on any atom is -0.379 e. The van der Waals surface area contributed by atoms with Gasteiger partial charge in [0.2, 0.25) is 11.8 Å². The second-order valence-electron chi connectivity index (χ2n) is 5.23. The molecule has 108 valence electrons. The number of carbonyl (C=O) groups is 2. The summed E-state index contributed by atoms with van der Waals surface area (Å²) in [4.78, 5) is 27.1. The fraction of sp³-hybridized carbons (Fsp3) is 0.833. The zero-order chi connectivity index (χ0) is 13.8. The van der Waals surface area contributed by atoms with Gasteiger partial charge in [-0.05, 0) is 6.42 Å². The molecule has 2 fully saturated rings. The number of nitrogens with two attached hydrogens (primary N) is 2. The molecule has 2 heterocycles. The lowest BCUT2D eigenvalue weighted by molar-refractivity contribution is -0.135. The van der Waals surface area contributed by atoms with Crippen molar-refractivity contribution in [1.29, 1.82) is 0 Å². The van der Waals surface area contributed by atoms with E-state index in [0.717, 1.165) is 13.0 Å². The van der Waals surface area contributed by atoms with Crippen molar-refractivity contribution in [3.63, 3.8) is 0 Å². The number of primary amides is 1. The first-order valence-electron chi connectivity index (χ1n) is 6.70. The minimum absolute atomic E-state index is 0.0749. The van der Waals surface area contributed by atoms with Crippen LogP contribution in [0.2, 0.25) is 0 Å². The molecule has 2 aliphatic rings. The molecule has 2 rings (SSSR count). The Morgan fingerprint density at radius 3 is 2.58 bits per heavy atom. The first kappa shape index (κ1) is 14.2. The van der Waals surface area contributed by atoms with E-state index in [9.17, 15) is 9.59 Å². The van der Waals surface area contributed by atoms with Crippen LogP contribution in [-0.4, -0.2) is 73.6 Å². The summed E-state index contributed by atoms with van der Waals surface area (Å²) in [6.45, 7) is 3.93. The van der Waals surface area contributed by atoms with Crippen LogP contribution in [0.3, 0.4) is 0 Å². The van der Waals surface area contributed by atoms with Gasteiger partial charge in [0.15, 0.2) is 0 Å². The number of nitrogens with zero attached hydrogens (tertiary/aromatic N) is 2. The lowest BCUT2D eigenvalue weighted by Gasteiger charge is -2.25. The van der Waals surface area contributed by atoms with E-state index in [1.54, 1.807) is 0 Å². The second kappa shape index (κ2) is 6.31. The van der Waals surface area contributed by atoms with Gasteiger partial charge in [0.05, 0.1) is 25.7 Å². The molecule has 19 heavy (non-hydrogen) atoms. The Labute approximate surface area is 112 Å². The van der Waals surface area contributed by atoms with Crippen molar-refractivity contribution >= 4 is 11.8 Å². The normalized spacial score (nSPS) is 29.2. The van der Waals surface area contributed by atoms with Gasteiger partial charge in [-0.15, -0.1) is 0 Å². The van der Waals surface area contributed by atoms with Crippen LogP contribution < -0.4 is 11.5 Å². The third-order valence-electron chi connectivity index (χ3n) is 3.72. The fourth-order valence-electron chi connectivity index (χ4n) is 2.63. The van der Waals surface area contributed by atoms with E-state index in [4.69, 9.17) is 16.2 Å². The van der Waals surface area contributed by atoms with Gasteiger partial charge in [0.25, 0.3) is 0 Å². The van der Waals surface area contributed by atoms with E-state index in [1.165, 1.54) is 0 Å². The summed E-state index contributed by atoms with van der Waals surface area (Å²) in [5, 5.41) is 0. The number of carbonyl (C=O) groups excluding carboxylic acids is 2. The maximum atomic E-state index is 12.3. The molecule has 0 radical (unpaired) electrons. The first-order chi connectivity index (χ1) is 9.08. The highest BCUT2D eigenvalue weighted by atomic mass is 16.5. The summed E-state index contributed by atoms with van der Waals surface area (Å²) >= 11 is 0. The molecule has 0 aromatic rings. The van der Waals surface area contributed by atoms with Crippen LogP contribution in [0.5, 0.6) is 0 Å². The largest absolute Gasteiger partial charge is 0.379 e. The zero-order valence-electron chi connectivity index (χ0n) is 11.1. The Hall–Kier alpha value is -1.18. The molecule has 4 N–H and O–H groups in total. The molecule has 2 aliphatic heterocycles. The highest BCUT2D eigenvalue weighted by Crippen LogP contribution is 2.16. The lowest BCUT2D eigenvalue weighted by Crippen LogP contribution is -2.45. The second-order valence-corrected chi connectivity index (χ2v) is 5.23. The minimum atomic E-state index is -0.328. The Balaban J connectivity index is 1.88. The van der Waals surface area contributed by atoms with Crippen LogP contribution in [0.1, 0.15) is 6.42 Å². The maximum Gasteiger partial charge on any atom is 0.231 e. The van der Waals surface area contributed by atoms with Crippen LogP contribution in [-0.2, 0) is 14.3 Å². The number of amides is 2. The number of hydrogen-bond donors (Lipinski definition) is 2. The van der Waals surface area contributed by atoms with Crippen molar-refractivity contribution in [3.05, 3.63) is 0 Å². The zero-order valence-corrected chi connectivity index (χ0v) is 11.1. The van der Waals surface area contributed by atoms with Crippen molar-refractivity contribution < 1.29 is 14.3 Å². The van der Waals surface area contributed by atoms with Crippen LogP contribution in [0, 0.1) is 5.92 Å². The van der Waals surface area contributed by atoms with Gasteiger partial charge >= 0.3 is 0 Å². The van der Waals surface area contributed by atoms with Crippen molar-refractivity contribution in [2.24, 2.45) is 17.4 Å². The molecule has 0 bridgehead atoms.